The highest BCUT2D eigenvalue weighted by Gasteiger charge is 1.99. The average Bonchev–Trinajstić information content (AvgIpc) is 2.37. The molecule has 0 saturated heterocycles. The summed E-state index contributed by atoms with van der Waals surface area (Å²) in [4.78, 5) is 11.3. The van der Waals surface area contributed by atoms with E-state index in [1.807, 2.05) is 6.07 Å². The molecule has 17 heavy (non-hydrogen) atoms. The van der Waals surface area contributed by atoms with E-state index in [0.717, 1.165) is 38.0 Å². The van der Waals surface area contributed by atoms with Crippen LogP contribution in [0, 0.1) is 0 Å². The van der Waals surface area contributed by atoms with Crippen LogP contribution in [0.4, 0.5) is 4.79 Å². The summed E-state index contributed by atoms with van der Waals surface area (Å²) in [5.74, 6) is 0.913. The van der Waals surface area contributed by atoms with Crippen molar-refractivity contribution in [1.29, 1.82) is 0 Å². The summed E-state index contributed by atoms with van der Waals surface area (Å²) in [6.45, 7) is 2.88. The second-order valence-corrected chi connectivity index (χ2v) is 5.07. The smallest absolute Gasteiger partial charge is 0.279 e. The second kappa shape index (κ2) is 9.11. The zero-order valence-electron chi connectivity index (χ0n) is 10.4. The number of nitrogens with one attached hydrogen (secondary N) is 1. The molecule has 0 radical (unpaired) electrons. The highest BCUT2D eigenvalue weighted by Crippen LogP contribution is 2.05. The number of aryl methyl sites for hydroxylation is 1. The molecule has 0 fully saturated rings. The molecule has 3 heteroatoms. The molecule has 1 amide bonds. The van der Waals surface area contributed by atoms with Crippen molar-refractivity contribution in [2.45, 2.75) is 32.6 Å². The quantitative estimate of drug-likeness (QED) is 0.745. The van der Waals surface area contributed by atoms with Gasteiger partial charge in [0.05, 0.1) is 0 Å². The van der Waals surface area contributed by atoms with Gasteiger partial charge in [0, 0.05) is 12.3 Å². The zero-order valence-corrected chi connectivity index (χ0v) is 11.3. The topological polar surface area (TPSA) is 29.1 Å². The predicted octanol–water partition coefficient (Wildman–Crippen LogP) is 3.86. The number of hydrogen-bond acceptors (Lipinski definition) is 2. The SMILES string of the molecule is CCCSC(=O)NCCCCc1ccccc1. The van der Waals surface area contributed by atoms with Gasteiger partial charge in [-0.25, -0.2) is 0 Å². The first-order chi connectivity index (χ1) is 8.33. The molecule has 0 spiro atoms. The van der Waals surface area contributed by atoms with E-state index in [-0.39, 0.29) is 5.24 Å². The largest absolute Gasteiger partial charge is 0.347 e. The lowest BCUT2D eigenvalue weighted by Gasteiger charge is -2.04. The molecule has 0 saturated carbocycles. The van der Waals surface area contributed by atoms with E-state index < -0.39 is 0 Å². The normalized spacial score (nSPS) is 10.2. The number of amides is 1. The maximum Gasteiger partial charge on any atom is 0.279 e. The van der Waals surface area contributed by atoms with Gasteiger partial charge in [-0.2, -0.15) is 0 Å². The van der Waals surface area contributed by atoms with Crippen molar-refractivity contribution in [1.82, 2.24) is 5.32 Å². The average molecular weight is 251 g/mol. The number of carbonyl (C=O) groups is 1. The third-order valence-electron chi connectivity index (χ3n) is 2.44. The Bertz CT molecular complexity index is 313. The van der Waals surface area contributed by atoms with Crippen LogP contribution < -0.4 is 5.32 Å². The Kier molecular flexibility index (Phi) is 7.56. The van der Waals surface area contributed by atoms with Crippen LogP contribution in [0.5, 0.6) is 0 Å². The van der Waals surface area contributed by atoms with E-state index in [2.05, 4.69) is 36.5 Å². The van der Waals surface area contributed by atoms with Crippen molar-refractivity contribution in [3.05, 3.63) is 35.9 Å². The molecule has 0 atom stereocenters. The van der Waals surface area contributed by atoms with Crippen LogP contribution in [0.2, 0.25) is 0 Å². The summed E-state index contributed by atoms with van der Waals surface area (Å²) in [6.07, 6.45) is 4.32. The standard InChI is InChI=1S/C14H21NOS/c1-2-12-17-14(16)15-11-7-6-10-13-8-4-3-5-9-13/h3-5,8-9H,2,6-7,10-12H2,1H3,(H,15,16). The van der Waals surface area contributed by atoms with Crippen molar-refractivity contribution >= 4 is 17.0 Å². The maximum absolute atomic E-state index is 11.3. The van der Waals surface area contributed by atoms with Gasteiger partial charge in [-0.1, -0.05) is 49.0 Å². The third kappa shape index (κ3) is 7.05. The van der Waals surface area contributed by atoms with Crippen LogP contribution in [-0.2, 0) is 6.42 Å². The fraction of sp³-hybridized carbons (Fsp3) is 0.500. The van der Waals surface area contributed by atoms with Gasteiger partial charge in [-0.15, -0.1) is 0 Å². The Hall–Kier alpha value is -0.960. The van der Waals surface area contributed by atoms with Gasteiger partial charge in [-0.3, -0.25) is 4.79 Å². The predicted molar refractivity (Wildman–Crippen MR) is 75.5 cm³/mol. The van der Waals surface area contributed by atoms with Crippen molar-refractivity contribution in [3.8, 4) is 0 Å². The number of thioether (sulfide) groups is 1. The van der Waals surface area contributed by atoms with Crippen LogP contribution in [-0.4, -0.2) is 17.5 Å². The summed E-state index contributed by atoms with van der Waals surface area (Å²) < 4.78 is 0. The Labute approximate surface area is 108 Å². The maximum atomic E-state index is 11.3. The van der Waals surface area contributed by atoms with Crippen LogP contribution in [0.3, 0.4) is 0 Å². The molecule has 1 N–H and O–H groups in total. The Balaban J connectivity index is 1.99. The van der Waals surface area contributed by atoms with E-state index in [1.165, 1.54) is 17.3 Å². The number of benzene rings is 1. The molecular weight excluding hydrogens is 230 g/mol. The highest BCUT2D eigenvalue weighted by atomic mass is 32.2. The summed E-state index contributed by atoms with van der Waals surface area (Å²) in [7, 11) is 0. The molecule has 0 unspecified atom stereocenters. The first-order valence-corrected chi connectivity index (χ1v) is 7.26. The molecule has 1 aromatic carbocycles. The molecule has 1 aromatic rings. The lowest BCUT2D eigenvalue weighted by molar-refractivity contribution is 0.260. The van der Waals surface area contributed by atoms with Gasteiger partial charge in [0.1, 0.15) is 0 Å². The lowest BCUT2D eigenvalue weighted by atomic mass is 10.1. The van der Waals surface area contributed by atoms with Crippen molar-refractivity contribution in [2.24, 2.45) is 0 Å². The van der Waals surface area contributed by atoms with E-state index in [1.54, 1.807) is 0 Å². The van der Waals surface area contributed by atoms with E-state index in [4.69, 9.17) is 0 Å². The van der Waals surface area contributed by atoms with E-state index in [0.29, 0.717) is 0 Å². The van der Waals surface area contributed by atoms with Crippen molar-refractivity contribution in [2.75, 3.05) is 12.3 Å². The molecule has 0 heterocycles. The summed E-state index contributed by atoms with van der Waals surface area (Å²) in [5, 5.41) is 3.04. The van der Waals surface area contributed by atoms with Crippen molar-refractivity contribution < 1.29 is 4.79 Å². The monoisotopic (exact) mass is 251 g/mol. The molecule has 0 aliphatic heterocycles. The Morgan fingerprint density at radius 2 is 2.00 bits per heavy atom. The minimum Gasteiger partial charge on any atom is -0.347 e. The molecule has 0 aromatic heterocycles. The Morgan fingerprint density at radius 1 is 1.24 bits per heavy atom. The molecule has 2 nitrogen and oxygen atoms in total. The number of hydrogen-bond donors (Lipinski definition) is 1. The van der Waals surface area contributed by atoms with Crippen molar-refractivity contribution in [3.63, 3.8) is 0 Å². The van der Waals surface area contributed by atoms with Gasteiger partial charge in [0.15, 0.2) is 0 Å². The lowest BCUT2D eigenvalue weighted by Crippen LogP contribution is -2.20. The number of rotatable bonds is 7. The minimum absolute atomic E-state index is 0.117. The van der Waals surface area contributed by atoms with Gasteiger partial charge < -0.3 is 5.32 Å². The molecule has 0 aliphatic carbocycles. The third-order valence-corrected chi connectivity index (χ3v) is 3.46. The summed E-state index contributed by atoms with van der Waals surface area (Å²) in [5.41, 5.74) is 1.37. The minimum atomic E-state index is 0.117. The first kappa shape index (κ1) is 14.1. The fourth-order valence-corrected chi connectivity index (χ4v) is 2.13. The van der Waals surface area contributed by atoms with Crippen LogP contribution in [0.1, 0.15) is 31.7 Å². The Morgan fingerprint density at radius 3 is 2.71 bits per heavy atom. The molecule has 94 valence electrons. The molecule has 0 bridgehead atoms. The van der Waals surface area contributed by atoms with Gasteiger partial charge >= 0.3 is 0 Å². The first-order valence-electron chi connectivity index (χ1n) is 6.27. The fourth-order valence-electron chi connectivity index (χ4n) is 1.54. The zero-order chi connectivity index (χ0) is 12.3. The van der Waals surface area contributed by atoms with Crippen LogP contribution in [0.25, 0.3) is 0 Å². The van der Waals surface area contributed by atoms with Crippen LogP contribution in [0.15, 0.2) is 30.3 Å². The second-order valence-electron chi connectivity index (χ2n) is 4.01. The van der Waals surface area contributed by atoms with Gasteiger partial charge in [-0.05, 0) is 31.2 Å². The number of unbranched alkanes of at least 4 members (excludes halogenated alkanes) is 1. The molecule has 0 aliphatic rings. The highest BCUT2D eigenvalue weighted by molar-refractivity contribution is 8.13. The molecular formula is C14H21NOS. The summed E-state index contributed by atoms with van der Waals surface area (Å²) >= 11 is 1.38. The molecule has 1 rings (SSSR count). The van der Waals surface area contributed by atoms with Gasteiger partial charge in [0.25, 0.3) is 5.24 Å². The summed E-state index contributed by atoms with van der Waals surface area (Å²) in [6, 6.07) is 10.5. The van der Waals surface area contributed by atoms with Crippen LogP contribution >= 0.6 is 11.8 Å². The van der Waals surface area contributed by atoms with E-state index in [9.17, 15) is 4.79 Å². The van der Waals surface area contributed by atoms with Gasteiger partial charge in [0.2, 0.25) is 0 Å². The van der Waals surface area contributed by atoms with E-state index >= 15 is 0 Å². The number of carbonyl (C=O) groups excluding carboxylic acids is 1.